The molecule has 0 aliphatic carbocycles. The highest BCUT2D eigenvalue weighted by atomic mass is 79.9. The van der Waals surface area contributed by atoms with Crippen LogP contribution in [-0.4, -0.2) is 27.7 Å². The molecule has 0 spiro atoms. The average molecular weight is 557 g/mol. The summed E-state index contributed by atoms with van der Waals surface area (Å²) in [6.07, 6.45) is 0.838. The van der Waals surface area contributed by atoms with Gasteiger partial charge in [0.05, 0.1) is 29.4 Å². The summed E-state index contributed by atoms with van der Waals surface area (Å²) in [6.45, 7) is 4.64. The summed E-state index contributed by atoms with van der Waals surface area (Å²) in [4.78, 5) is 18.3. The van der Waals surface area contributed by atoms with Gasteiger partial charge in [-0.25, -0.2) is 4.98 Å². The second-order valence-electron chi connectivity index (χ2n) is 8.79. The second-order valence-corrected chi connectivity index (χ2v) is 9.71. The van der Waals surface area contributed by atoms with Crippen LogP contribution < -0.4 is 4.74 Å². The van der Waals surface area contributed by atoms with Crippen LogP contribution in [0, 0.1) is 6.92 Å². The van der Waals surface area contributed by atoms with Crippen LogP contribution in [0.1, 0.15) is 29.3 Å². The lowest BCUT2D eigenvalue weighted by Crippen LogP contribution is -1.99. The van der Waals surface area contributed by atoms with Crippen molar-refractivity contribution in [3.05, 3.63) is 82.3 Å². The first kappa shape index (κ1) is 24.6. The molecule has 0 saturated heterocycles. The van der Waals surface area contributed by atoms with E-state index in [1.165, 1.54) is 0 Å². The molecule has 8 heteroatoms. The normalized spacial score (nSPS) is 11.6. The number of halogens is 1. The first-order valence-corrected chi connectivity index (χ1v) is 12.7. The summed E-state index contributed by atoms with van der Waals surface area (Å²) in [5.74, 6) is 0.0608. The number of carbonyl (C=O) groups is 1. The Balaban J connectivity index is 1.63. The number of rotatable bonds is 6. The van der Waals surface area contributed by atoms with Gasteiger partial charge in [0.25, 0.3) is 5.91 Å². The van der Waals surface area contributed by atoms with Crippen LogP contribution in [0.2, 0.25) is 0 Å². The zero-order chi connectivity index (χ0) is 26.1. The number of benzene rings is 3. The number of aromatic nitrogens is 2. The van der Waals surface area contributed by atoms with Crippen molar-refractivity contribution in [2.45, 2.75) is 26.8 Å². The van der Waals surface area contributed by atoms with Gasteiger partial charge in [-0.15, -0.1) is 10.2 Å². The van der Waals surface area contributed by atoms with Crippen molar-refractivity contribution in [1.29, 1.82) is 0 Å². The zero-order valence-electron chi connectivity index (χ0n) is 20.7. The third-order valence-corrected chi connectivity index (χ3v) is 6.77. The monoisotopic (exact) mass is 556 g/mol. The smallest absolute Gasteiger partial charge is 0.296 e. The lowest BCUT2D eigenvalue weighted by atomic mass is 10.0. The van der Waals surface area contributed by atoms with Crippen molar-refractivity contribution in [2.75, 3.05) is 7.11 Å². The number of nitrogens with zero attached hydrogens (tertiary/aromatic N) is 4. The van der Waals surface area contributed by atoms with Gasteiger partial charge in [0.15, 0.2) is 5.69 Å². The number of ether oxygens (including phenoxy) is 1. The summed E-state index contributed by atoms with van der Waals surface area (Å²) >= 11 is 3.45. The predicted molar refractivity (Wildman–Crippen MR) is 149 cm³/mol. The molecule has 37 heavy (non-hydrogen) atoms. The van der Waals surface area contributed by atoms with Gasteiger partial charge in [-0.2, -0.15) is 0 Å². The maximum atomic E-state index is 13.5. The van der Waals surface area contributed by atoms with Crippen molar-refractivity contribution in [1.82, 2.24) is 9.55 Å². The Morgan fingerprint density at radius 3 is 2.57 bits per heavy atom. The fraction of sp³-hybridized carbons (Fsp3) is 0.172. The molecule has 0 saturated carbocycles. The van der Waals surface area contributed by atoms with E-state index in [0.29, 0.717) is 34.5 Å². The minimum absolute atomic E-state index is 0.00388. The fourth-order valence-corrected chi connectivity index (χ4v) is 4.68. The summed E-state index contributed by atoms with van der Waals surface area (Å²) in [6, 6.07) is 20.7. The van der Waals surface area contributed by atoms with Crippen LogP contribution in [-0.2, 0) is 6.54 Å². The van der Waals surface area contributed by atoms with Crippen LogP contribution in [0.5, 0.6) is 11.6 Å². The Bertz CT molecular complexity index is 1670. The van der Waals surface area contributed by atoms with E-state index >= 15 is 0 Å². The van der Waals surface area contributed by atoms with Gasteiger partial charge in [-0.3, -0.25) is 4.79 Å². The molecule has 0 unspecified atom stereocenters. The number of carbonyl (C=O) groups excluding carboxylic acids is 1. The van der Waals surface area contributed by atoms with Gasteiger partial charge in [0.1, 0.15) is 5.75 Å². The maximum absolute atomic E-state index is 13.5. The molecule has 5 aromatic rings. The van der Waals surface area contributed by atoms with Gasteiger partial charge in [0.2, 0.25) is 5.88 Å². The van der Waals surface area contributed by atoms with E-state index in [9.17, 15) is 9.90 Å². The van der Waals surface area contributed by atoms with Crippen molar-refractivity contribution in [3.63, 3.8) is 0 Å². The first-order valence-electron chi connectivity index (χ1n) is 11.9. The van der Waals surface area contributed by atoms with Crippen LogP contribution >= 0.6 is 15.9 Å². The van der Waals surface area contributed by atoms with Crippen LogP contribution in [0.4, 0.5) is 5.69 Å². The number of aromatic hydroxyl groups is 1. The van der Waals surface area contributed by atoms with E-state index in [1.54, 1.807) is 29.9 Å². The molecule has 0 radical (unpaired) electrons. The number of methoxy groups -OCH3 is 1. The number of amides is 1. The highest BCUT2D eigenvalue weighted by molar-refractivity contribution is 9.10. The van der Waals surface area contributed by atoms with Gasteiger partial charge in [-0.05, 0) is 61.9 Å². The molecule has 0 fully saturated rings. The van der Waals surface area contributed by atoms with E-state index in [2.05, 4.69) is 26.2 Å². The molecule has 0 bridgehead atoms. The zero-order valence-corrected chi connectivity index (χ0v) is 22.3. The number of hydrogen-bond donors (Lipinski definition) is 1. The fourth-order valence-electron chi connectivity index (χ4n) is 4.41. The minimum atomic E-state index is -0.539. The van der Waals surface area contributed by atoms with E-state index in [-0.39, 0.29) is 11.6 Å². The highest BCUT2D eigenvalue weighted by Crippen LogP contribution is 2.40. The number of fused-ring (bicyclic) bond motifs is 2. The van der Waals surface area contributed by atoms with Crippen LogP contribution in [0.15, 0.2) is 81.4 Å². The molecule has 0 aliphatic heterocycles. The second kappa shape index (κ2) is 10.1. The Labute approximate surface area is 222 Å². The third-order valence-electron chi connectivity index (χ3n) is 6.24. The highest BCUT2D eigenvalue weighted by Gasteiger charge is 2.19. The molecule has 7 nitrogen and oxygen atoms in total. The molecule has 3 aromatic carbocycles. The Hall–Kier alpha value is -4.04. The maximum Gasteiger partial charge on any atom is 0.296 e. The summed E-state index contributed by atoms with van der Waals surface area (Å²) in [5.41, 5.74) is 4.64. The summed E-state index contributed by atoms with van der Waals surface area (Å²) < 4.78 is 8.13. The Morgan fingerprint density at radius 2 is 1.84 bits per heavy atom. The number of hydrogen-bond acceptors (Lipinski definition) is 5. The standard InChI is InChI=1S/C29H25BrN4O3/c1-4-13-34-26-12-5-17(2)14-23(26)27(29(34)36)32-33-28(35)22-16-25(18-6-8-19(30)9-7-18)31-24-11-10-20(37-3)15-21(22)24/h5-12,14-16,36H,4,13H2,1-3H3. The molecular weight excluding hydrogens is 532 g/mol. The topological polar surface area (TPSA) is 89.1 Å². The number of pyridine rings is 1. The Kier molecular flexibility index (Phi) is 6.76. The van der Waals surface area contributed by atoms with Gasteiger partial charge in [0, 0.05) is 27.4 Å². The van der Waals surface area contributed by atoms with Gasteiger partial charge < -0.3 is 14.4 Å². The van der Waals surface area contributed by atoms with E-state index in [1.807, 2.05) is 62.4 Å². The molecule has 0 atom stereocenters. The lowest BCUT2D eigenvalue weighted by molar-refractivity contribution is 0.0996. The number of azo groups is 1. The summed E-state index contributed by atoms with van der Waals surface area (Å²) in [7, 11) is 1.57. The average Bonchev–Trinajstić information content (AvgIpc) is 3.16. The third kappa shape index (κ3) is 4.72. The van der Waals surface area contributed by atoms with Crippen molar-refractivity contribution < 1.29 is 14.6 Å². The molecule has 2 aromatic heterocycles. The van der Waals surface area contributed by atoms with Crippen molar-refractivity contribution >= 4 is 49.3 Å². The SMILES string of the molecule is CCCn1c(O)c(N=NC(=O)c2cc(-c3ccc(Br)cc3)nc3ccc(OC)cc23)c2cc(C)ccc21. The van der Waals surface area contributed by atoms with Gasteiger partial charge in [-0.1, -0.05) is 46.6 Å². The molecule has 5 rings (SSSR count). The molecule has 1 amide bonds. The van der Waals surface area contributed by atoms with E-state index in [4.69, 9.17) is 9.72 Å². The number of aryl methyl sites for hydroxylation is 2. The first-order chi connectivity index (χ1) is 17.9. The van der Waals surface area contributed by atoms with Crippen molar-refractivity contribution in [3.8, 4) is 22.9 Å². The molecule has 186 valence electrons. The molecular formula is C29H25BrN4O3. The molecule has 0 aliphatic rings. The quantitative estimate of drug-likeness (QED) is 0.215. The van der Waals surface area contributed by atoms with E-state index < -0.39 is 5.91 Å². The molecule has 1 N–H and O–H groups in total. The Morgan fingerprint density at radius 1 is 1.05 bits per heavy atom. The summed E-state index contributed by atoms with van der Waals surface area (Å²) in [5, 5.41) is 20.6. The van der Waals surface area contributed by atoms with E-state index in [0.717, 1.165) is 32.9 Å². The van der Waals surface area contributed by atoms with Crippen LogP contribution in [0.25, 0.3) is 33.1 Å². The predicted octanol–water partition coefficient (Wildman–Crippen LogP) is 7.98. The largest absolute Gasteiger partial charge is 0.497 e. The minimum Gasteiger partial charge on any atom is -0.497 e. The van der Waals surface area contributed by atoms with Crippen LogP contribution in [0.3, 0.4) is 0 Å². The molecule has 2 heterocycles. The lowest BCUT2D eigenvalue weighted by Gasteiger charge is -2.09. The van der Waals surface area contributed by atoms with Crippen molar-refractivity contribution in [2.24, 2.45) is 10.2 Å². The van der Waals surface area contributed by atoms with Gasteiger partial charge >= 0.3 is 0 Å².